The van der Waals surface area contributed by atoms with Crippen molar-refractivity contribution in [3.05, 3.63) is 34.9 Å². The number of aliphatic carboxylic acids is 1. The number of halogens is 1. The lowest BCUT2D eigenvalue weighted by atomic mass is 10.0. The van der Waals surface area contributed by atoms with Crippen LogP contribution in [0.25, 0.3) is 0 Å². The predicted octanol–water partition coefficient (Wildman–Crippen LogP) is 3.38. The van der Waals surface area contributed by atoms with E-state index in [0.29, 0.717) is 10.6 Å². The van der Waals surface area contributed by atoms with E-state index < -0.39 is 30.4 Å². The summed E-state index contributed by atoms with van der Waals surface area (Å²) in [6, 6.07) is 5.33. The molecule has 0 aromatic heterocycles. The number of nitrogens with zero attached hydrogens (tertiary/aromatic N) is 2. The first-order chi connectivity index (χ1) is 12.2. The zero-order valence-corrected chi connectivity index (χ0v) is 15.9. The van der Waals surface area contributed by atoms with Crippen molar-refractivity contribution in [2.24, 2.45) is 11.0 Å². The predicted molar refractivity (Wildman–Crippen MR) is 96.3 cm³/mol. The standard InChI is InChI=1S/C18H23ClN2O5/c1-11(2)17(26-12(3)4)18(25)21(20-10-22)15(9-16(23)24)13-5-7-14(19)8-6-13/h5-8,11-12,15,17H,9H2,1-4H3,(H,23,24). The van der Waals surface area contributed by atoms with Gasteiger partial charge < -0.3 is 9.84 Å². The van der Waals surface area contributed by atoms with Crippen LogP contribution in [0.15, 0.2) is 29.4 Å². The molecule has 0 aliphatic rings. The molecule has 142 valence electrons. The number of hydrogen-bond donors (Lipinski definition) is 1. The van der Waals surface area contributed by atoms with Crippen molar-refractivity contribution >= 4 is 29.6 Å². The number of hydrazone groups is 1. The quantitative estimate of drug-likeness (QED) is 0.401. The van der Waals surface area contributed by atoms with E-state index in [1.165, 1.54) is 6.08 Å². The third-order valence-corrected chi connectivity index (χ3v) is 3.81. The first kappa shape index (κ1) is 21.8. The van der Waals surface area contributed by atoms with E-state index in [1.54, 1.807) is 52.0 Å². The number of ether oxygens (including phenoxy) is 1. The van der Waals surface area contributed by atoms with E-state index in [4.69, 9.17) is 16.3 Å². The van der Waals surface area contributed by atoms with Gasteiger partial charge in [0.25, 0.3) is 12.0 Å². The molecule has 1 amide bonds. The van der Waals surface area contributed by atoms with Gasteiger partial charge in [-0.05, 0) is 37.5 Å². The van der Waals surface area contributed by atoms with Gasteiger partial charge >= 0.3 is 5.97 Å². The van der Waals surface area contributed by atoms with Crippen LogP contribution in [0, 0.1) is 5.92 Å². The zero-order chi connectivity index (χ0) is 19.9. The first-order valence-electron chi connectivity index (χ1n) is 8.21. The SMILES string of the molecule is CC(C)OC(C(=O)N(N=C=O)C(CC(=O)O)c1ccc(Cl)cc1)C(C)C. The summed E-state index contributed by atoms with van der Waals surface area (Å²) >= 11 is 5.87. The molecule has 0 saturated heterocycles. The van der Waals surface area contributed by atoms with Crippen molar-refractivity contribution in [3.8, 4) is 0 Å². The third kappa shape index (κ3) is 6.26. The fraction of sp³-hybridized carbons (Fsp3) is 0.500. The number of isocyanates is 1. The summed E-state index contributed by atoms with van der Waals surface area (Å²) in [7, 11) is 0. The Bertz CT molecular complexity index is 669. The third-order valence-electron chi connectivity index (χ3n) is 3.56. The molecule has 0 saturated carbocycles. The summed E-state index contributed by atoms with van der Waals surface area (Å²) in [6.07, 6.45) is -0.217. The highest BCUT2D eigenvalue weighted by atomic mass is 35.5. The second-order valence-electron chi connectivity index (χ2n) is 6.39. The van der Waals surface area contributed by atoms with Gasteiger partial charge in [-0.3, -0.25) is 9.59 Å². The fourth-order valence-electron chi connectivity index (χ4n) is 2.44. The van der Waals surface area contributed by atoms with Gasteiger partial charge in [0.05, 0.1) is 18.6 Å². The van der Waals surface area contributed by atoms with Gasteiger partial charge in [-0.2, -0.15) is 0 Å². The van der Waals surface area contributed by atoms with Gasteiger partial charge in [-0.15, -0.1) is 0 Å². The molecule has 1 aromatic carbocycles. The van der Waals surface area contributed by atoms with Gasteiger partial charge in [0.15, 0.2) is 0 Å². The molecule has 0 aliphatic heterocycles. The van der Waals surface area contributed by atoms with Crippen LogP contribution in [0.3, 0.4) is 0 Å². The van der Waals surface area contributed by atoms with Crippen molar-refractivity contribution in [3.63, 3.8) is 0 Å². The Hall–Kier alpha value is -2.21. The Labute approximate surface area is 157 Å². The molecule has 8 heteroatoms. The lowest BCUT2D eigenvalue weighted by Crippen LogP contribution is -2.43. The van der Waals surface area contributed by atoms with Crippen molar-refractivity contribution in [1.82, 2.24) is 5.01 Å². The molecule has 0 fully saturated rings. The van der Waals surface area contributed by atoms with Crippen LogP contribution in [0.4, 0.5) is 0 Å². The number of carboxylic acid groups (broad SMARTS) is 1. The molecule has 2 unspecified atom stereocenters. The molecule has 1 N–H and O–H groups in total. The van der Waals surface area contributed by atoms with Crippen molar-refractivity contribution in [2.75, 3.05) is 0 Å². The molecule has 0 heterocycles. The number of carbonyl (C=O) groups excluding carboxylic acids is 2. The Balaban J connectivity index is 3.33. The maximum Gasteiger partial charge on any atom is 0.305 e. The highest BCUT2D eigenvalue weighted by Gasteiger charge is 2.35. The minimum absolute atomic E-state index is 0.204. The van der Waals surface area contributed by atoms with Crippen molar-refractivity contribution in [2.45, 2.75) is 52.4 Å². The number of amides is 1. The number of hydrogen-bond acceptors (Lipinski definition) is 5. The first-order valence-corrected chi connectivity index (χ1v) is 8.58. The molecule has 0 aliphatic carbocycles. The largest absolute Gasteiger partial charge is 0.481 e. The molecule has 26 heavy (non-hydrogen) atoms. The second-order valence-corrected chi connectivity index (χ2v) is 6.83. The molecule has 1 aromatic rings. The monoisotopic (exact) mass is 382 g/mol. The molecule has 1 rings (SSSR count). The lowest BCUT2D eigenvalue weighted by molar-refractivity contribution is -0.154. The fourth-order valence-corrected chi connectivity index (χ4v) is 2.56. The Morgan fingerprint density at radius 3 is 2.23 bits per heavy atom. The number of benzene rings is 1. The summed E-state index contributed by atoms with van der Waals surface area (Å²) in [5.74, 6) is -1.95. The van der Waals surface area contributed by atoms with E-state index in [9.17, 15) is 19.5 Å². The van der Waals surface area contributed by atoms with E-state index in [1.807, 2.05) is 0 Å². The highest BCUT2D eigenvalue weighted by molar-refractivity contribution is 6.30. The average molecular weight is 383 g/mol. The number of carbonyl (C=O) groups is 2. The normalized spacial score (nSPS) is 13.2. The van der Waals surface area contributed by atoms with E-state index in [0.717, 1.165) is 5.01 Å². The van der Waals surface area contributed by atoms with Crippen LogP contribution in [-0.2, 0) is 19.1 Å². The molecule has 0 radical (unpaired) electrons. The molecular formula is C18H23ClN2O5. The van der Waals surface area contributed by atoms with Crippen LogP contribution in [0.1, 0.15) is 45.7 Å². The molecule has 0 spiro atoms. The molecule has 7 nitrogen and oxygen atoms in total. The maximum absolute atomic E-state index is 13.0. The van der Waals surface area contributed by atoms with Gasteiger partial charge in [-0.25, -0.2) is 9.80 Å². The van der Waals surface area contributed by atoms with Crippen LogP contribution in [0.2, 0.25) is 5.02 Å². The highest BCUT2D eigenvalue weighted by Crippen LogP contribution is 2.28. The van der Waals surface area contributed by atoms with Gasteiger partial charge in [0.1, 0.15) is 6.10 Å². The Morgan fingerprint density at radius 1 is 1.23 bits per heavy atom. The van der Waals surface area contributed by atoms with E-state index >= 15 is 0 Å². The minimum Gasteiger partial charge on any atom is -0.481 e. The lowest BCUT2D eigenvalue weighted by Gasteiger charge is -2.31. The average Bonchev–Trinajstić information content (AvgIpc) is 2.55. The van der Waals surface area contributed by atoms with Crippen LogP contribution in [0.5, 0.6) is 0 Å². The zero-order valence-electron chi connectivity index (χ0n) is 15.2. The summed E-state index contributed by atoms with van der Waals surface area (Å²) in [4.78, 5) is 35.2. The van der Waals surface area contributed by atoms with E-state index in [2.05, 4.69) is 5.10 Å². The number of carboxylic acids is 1. The Morgan fingerprint density at radius 2 is 1.81 bits per heavy atom. The van der Waals surface area contributed by atoms with Crippen molar-refractivity contribution in [1.29, 1.82) is 0 Å². The van der Waals surface area contributed by atoms with Crippen LogP contribution in [-0.4, -0.2) is 40.3 Å². The maximum atomic E-state index is 13.0. The smallest absolute Gasteiger partial charge is 0.305 e. The van der Waals surface area contributed by atoms with Gasteiger partial charge in [-0.1, -0.05) is 42.7 Å². The number of rotatable bonds is 9. The summed E-state index contributed by atoms with van der Waals surface area (Å²) in [5.41, 5.74) is 0.483. The van der Waals surface area contributed by atoms with Crippen molar-refractivity contribution < 1.29 is 24.2 Å². The summed E-state index contributed by atoms with van der Waals surface area (Å²) in [5, 5.41) is 14.1. The summed E-state index contributed by atoms with van der Waals surface area (Å²) < 4.78 is 5.66. The second kappa shape index (κ2) is 10.1. The summed E-state index contributed by atoms with van der Waals surface area (Å²) in [6.45, 7) is 7.15. The van der Waals surface area contributed by atoms with Gasteiger partial charge in [0.2, 0.25) is 0 Å². The molecular weight excluding hydrogens is 360 g/mol. The van der Waals surface area contributed by atoms with Crippen LogP contribution >= 0.6 is 11.6 Å². The topological polar surface area (TPSA) is 96.3 Å². The Kier molecular flexibility index (Phi) is 8.45. The molecule has 0 bridgehead atoms. The molecule has 2 atom stereocenters. The van der Waals surface area contributed by atoms with E-state index in [-0.39, 0.29) is 12.0 Å². The van der Waals surface area contributed by atoms with Gasteiger partial charge in [0, 0.05) is 5.02 Å². The minimum atomic E-state index is -1.14. The van der Waals surface area contributed by atoms with Crippen LogP contribution < -0.4 is 0 Å².